The van der Waals surface area contributed by atoms with Crippen LogP contribution in [0.3, 0.4) is 0 Å². The average Bonchev–Trinajstić information content (AvgIpc) is 2.34. The van der Waals surface area contributed by atoms with E-state index in [-0.39, 0.29) is 83.7 Å². The maximum absolute atomic E-state index is 10.1. The minimum atomic E-state index is -3.10. The van der Waals surface area contributed by atoms with Crippen LogP contribution in [0.2, 0.25) is 0 Å². The van der Waals surface area contributed by atoms with Crippen molar-refractivity contribution < 1.29 is 69.6 Å². The first-order valence-electron chi connectivity index (χ1n) is 5.97. The van der Waals surface area contributed by atoms with Crippen molar-refractivity contribution >= 4 is 119 Å². The second kappa shape index (κ2) is 16.9. The fraction of sp³-hybridized carbons (Fsp3) is 0.400. The van der Waals surface area contributed by atoms with Crippen molar-refractivity contribution in [3.05, 3.63) is 0 Å². The molecule has 0 amide bonds. The molecule has 14 nitrogen and oxygen atoms in total. The van der Waals surface area contributed by atoms with Gasteiger partial charge in [-0.3, -0.25) is 0 Å². The third-order valence-corrected chi connectivity index (χ3v) is 2.25. The average molecular weight is 445 g/mol. The van der Waals surface area contributed by atoms with Gasteiger partial charge in [-0.2, -0.15) is 0 Å². The summed E-state index contributed by atoms with van der Waals surface area (Å²) in [7, 11) is -0.393. The van der Waals surface area contributed by atoms with Gasteiger partial charge in [0.05, 0.1) is 22.9 Å². The third kappa shape index (κ3) is 17.7. The Kier molecular flexibility index (Phi) is 22.6. The molecule has 142 valence electrons. The molecule has 0 aromatic rings. The second-order valence-corrected chi connectivity index (χ2v) is 4.45. The van der Waals surface area contributed by atoms with Crippen LogP contribution in [0.1, 0.15) is 12.8 Å². The molecule has 0 aliphatic carbocycles. The summed E-state index contributed by atoms with van der Waals surface area (Å²) >= 11 is 0. The molecule has 2 N–H and O–H groups in total. The molecule has 0 spiro atoms. The topological polar surface area (TPSA) is 281 Å². The maximum atomic E-state index is 10.1. The van der Waals surface area contributed by atoms with Crippen molar-refractivity contribution in [3.8, 4) is 0 Å². The number of aliphatic carboxylic acids is 4. The largest absolute Gasteiger partial charge is 2.00 e. The molecule has 0 aromatic carbocycles. The van der Waals surface area contributed by atoms with E-state index < -0.39 is 59.5 Å². The number of hydrogen-bond donors (Lipinski definition) is 2. The summed E-state index contributed by atoms with van der Waals surface area (Å²) < 4.78 is 0. The Morgan fingerprint density at radius 1 is 0.586 bits per heavy atom. The summed E-state index contributed by atoms with van der Waals surface area (Å²) in [5.41, 5.74) is -6.20. The summed E-state index contributed by atoms with van der Waals surface area (Å²) in [4.78, 5) is 59.8. The summed E-state index contributed by atoms with van der Waals surface area (Å²) in [5.74, 6) is -12.4. The maximum Gasteiger partial charge on any atom is 2.00 e. The number of aliphatic hydroxyl groups is 2. The SMILES string of the molecule is O=C([O-])[B]C(O)(CC(=O)[O-])C(=O)[O-].O=C([O-])[B]C(O)(CC(=O)[O-])C(=O)[O-].[Mg+2].[Mg+2].[Mg+2]. The third-order valence-electron chi connectivity index (χ3n) is 2.25. The molecule has 0 heterocycles. The Balaban J connectivity index is -0.000000120. The van der Waals surface area contributed by atoms with Gasteiger partial charge in [-0.1, -0.05) is 0 Å². The molecule has 19 heteroatoms. The van der Waals surface area contributed by atoms with Crippen LogP contribution in [0.5, 0.6) is 0 Å². The zero-order valence-electron chi connectivity index (χ0n) is 14.5. The molecule has 0 aliphatic rings. The number of carbonyl (C=O) groups is 6. The number of carboxylic acids is 4. The van der Waals surface area contributed by atoms with E-state index in [0.29, 0.717) is 0 Å². The van der Waals surface area contributed by atoms with E-state index in [1.807, 2.05) is 0 Å². The summed E-state index contributed by atoms with van der Waals surface area (Å²) in [6, 6.07) is 0. The summed E-state index contributed by atoms with van der Waals surface area (Å²) in [6.45, 7) is 0. The number of carboxylic acid groups (broad SMARTS) is 6. The van der Waals surface area contributed by atoms with Crippen molar-refractivity contribution in [1.29, 1.82) is 0 Å². The molecule has 0 aliphatic heterocycles. The van der Waals surface area contributed by atoms with E-state index in [2.05, 4.69) is 0 Å². The molecular formula is C10H6B2Mg3O14. The van der Waals surface area contributed by atoms with E-state index in [1.54, 1.807) is 0 Å². The van der Waals surface area contributed by atoms with Crippen LogP contribution in [-0.2, 0) is 19.2 Å². The molecule has 2 radical (unpaired) electrons. The first-order chi connectivity index (χ1) is 11.6. The van der Waals surface area contributed by atoms with Gasteiger partial charge in [-0.25, -0.2) is 0 Å². The molecule has 29 heavy (non-hydrogen) atoms. The fourth-order valence-electron chi connectivity index (χ4n) is 1.19. The minimum Gasteiger partial charge on any atom is -0.561 e. The summed E-state index contributed by atoms with van der Waals surface area (Å²) in [6.07, 6.45) is -2.83. The molecule has 0 bridgehead atoms. The first kappa shape index (κ1) is 38.7. The van der Waals surface area contributed by atoms with Crippen LogP contribution >= 0.6 is 0 Å². The van der Waals surface area contributed by atoms with Gasteiger partial charge >= 0.3 is 69.2 Å². The Morgan fingerprint density at radius 2 is 0.793 bits per heavy atom. The molecule has 0 rings (SSSR count). The van der Waals surface area contributed by atoms with Crippen LogP contribution < -0.4 is 30.6 Å². The molecule has 0 fully saturated rings. The van der Waals surface area contributed by atoms with Gasteiger partial charge in [-0.05, 0) is 0 Å². The second-order valence-electron chi connectivity index (χ2n) is 4.45. The number of hydrogen-bond acceptors (Lipinski definition) is 14. The Morgan fingerprint density at radius 3 is 0.897 bits per heavy atom. The quantitative estimate of drug-likeness (QED) is 0.296. The van der Waals surface area contributed by atoms with Gasteiger partial charge in [0, 0.05) is 36.5 Å². The van der Waals surface area contributed by atoms with Crippen molar-refractivity contribution in [3.63, 3.8) is 0 Å². The van der Waals surface area contributed by atoms with Crippen LogP contribution in [0.25, 0.3) is 0 Å². The fourth-order valence-corrected chi connectivity index (χ4v) is 1.19. The van der Waals surface area contributed by atoms with Gasteiger partial charge in [-0.15, -0.1) is 0 Å². The number of rotatable bonds is 10. The molecule has 0 saturated heterocycles. The van der Waals surface area contributed by atoms with Crippen LogP contribution in [0.4, 0.5) is 9.59 Å². The standard InChI is InChI=1S/2C5H6BO7.3Mg/c2*7-2(8)1-5(13,3(9)10)6-4(11)12;;;/h2*13H,1H2,(H,7,8)(H,9,10)(H,11,12);;;/q;;3*+2/p-6. The normalized spacial score (nSPS) is 12.8. The van der Waals surface area contributed by atoms with Crippen molar-refractivity contribution in [2.24, 2.45) is 0 Å². The van der Waals surface area contributed by atoms with Gasteiger partial charge in [0.1, 0.15) is 0 Å². The van der Waals surface area contributed by atoms with Crippen molar-refractivity contribution in [2.45, 2.75) is 23.8 Å². The predicted octanol–water partition coefficient (Wildman–Crippen LogP) is -11.9. The Bertz CT molecular complexity index is 528. The zero-order valence-corrected chi connectivity index (χ0v) is 18.7. The Labute approximate surface area is 211 Å². The van der Waals surface area contributed by atoms with Crippen LogP contribution in [-0.4, -0.2) is 141 Å². The molecule has 2 unspecified atom stereocenters. The van der Waals surface area contributed by atoms with Gasteiger partial charge in [0.2, 0.25) is 14.6 Å². The van der Waals surface area contributed by atoms with E-state index in [1.165, 1.54) is 0 Å². The van der Waals surface area contributed by atoms with Gasteiger partial charge in [0.25, 0.3) is 0 Å². The Hall–Kier alpha value is -0.831. The molecule has 2 atom stereocenters. The van der Waals surface area contributed by atoms with E-state index in [4.69, 9.17) is 10.2 Å². The first-order valence-corrected chi connectivity index (χ1v) is 5.97. The van der Waals surface area contributed by atoms with E-state index >= 15 is 0 Å². The van der Waals surface area contributed by atoms with Gasteiger partial charge < -0.3 is 69.6 Å². The zero-order chi connectivity index (χ0) is 21.3. The van der Waals surface area contributed by atoms with Crippen LogP contribution in [0.15, 0.2) is 0 Å². The monoisotopic (exact) mass is 444 g/mol. The molecular weight excluding hydrogens is 439 g/mol. The van der Waals surface area contributed by atoms with Gasteiger partial charge in [0.15, 0.2) is 0 Å². The van der Waals surface area contributed by atoms with E-state index in [9.17, 15) is 59.4 Å². The molecule has 0 saturated carbocycles. The van der Waals surface area contributed by atoms with Crippen molar-refractivity contribution in [2.75, 3.05) is 0 Å². The predicted molar refractivity (Wildman–Crippen MR) is 78.7 cm³/mol. The van der Waals surface area contributed by atoms with E-state index in [0.717, 1.165) is 0 Å². The molecule has 0 aromatic heterocycles. The van der Waals surface area contributed by atoms with Crippen LogP contribution in [0, 0.1) is 0 Å². The smallest absolute Gasteiger partial charge is 0.561 e. The number of carbonyl (C=O) groups excluding carboxylic acids is 6. The minimum absolute atomic E-state index is 0. The van der Waals surface area contributed by atoms with Crippen molar-refractivity contribution in [1.82, 2.24) is 0 Å². The summed E-state index contributed by atoms with van der Waals surface area (Å²) in [5, 5.41) is 77.5.